The van der Waals surface area contributed by atoms with Gasteiger partial charge in [0.1, 0.15) is 5.52 Å². The molecule has 22 heavy (non-hydrogen) atoms. The van der Waals surface area contributed by atoms with E-state index in [-0.39, 0.29) is 17.5 Å². The van der Waals surface area contributed by atoms with Crippen molar-refractivity contribution in [2.75, 3.05) is 25.6 Å². The Morgan fingerprint density at radius 1 is 1.50 bits per heavy atom. The van der Waals surface area contributed by atoms with E-state index in [0.29, 0.717) is 36.8 Å². The van der Waals surface area contributed by atoms with Crippen LogP contribution in [0.25, 0.3) is 11.2 Å². The van der Waals surface area contributed by atoms with Crippen molar-refractivity contribution in [1.29, 1.82) is 0 Å². The molecule has 1 atom stereocenters. The molecule has 1 unspecified atom stereocenters. The summed E-state index contributed by atoms with van der Waals surface area (Å²) in [6.45, 7) is 4.58. The molecule has 3 rings (SSSR count). The van der Waals surface area contributed by atoms with Gasteiger partial charge in [-0.05, 0) is 12.8 Å². The highest BCUT2D eigenvalue weighted by Crippen LogP contribution is 2.20. The van der Waals surface area contributed by atoms with Crippen molar-refractivity contribution >= 4 is 17.0 Å². The number of nitrogen functional groups attached to an aromatic ring is 1. The van der Waals surface area contributed by atoms with E-state index >= 15 is 0 Å². The van der Waals surface area contributed by atoms with Crippen molar-refractivity contribution in [1.82, 2.24) is 19.5 Å². The summed E-state index contributed by atoms with van der Waals surface area (Å²) in [4.78, 5) is 23.3. The predicted molar refractivity (Wildman–Crippen MR) is 81.9 cm³/mol. The van der Waals surface area contributed by atoms with Crippen LogP contribution in [0.5, 0.6) is 6.01 Å². The molecule has 1 fully saturated rings. The molecule has 8 nitrogen and oxygen atoms in total. The predicted octanol–water partition coefficient (Wildman–Crippen LogP) is 0.917. The van der Waals surface area contributed by atoms with Crippen molar-refractivity contribution in [3.8, 4) is 6.01 Å². The lowest BCUT2D eigenvalue weighted by atomic mass is 10.1. The summed E-state index contributed by atoms with van der Waals surface area (Å²) in [5, 5.41) is 0. The fraction of sp³-hybridized carbons (Fsp3) is 0.643. The van der Waals surface area contributed by atoms with Gasteiger partial charge in [-0.2, -0.15) is 9.97 Å². The molecule has 3 N–H and O–H groups in total. The minimum absolute atomic E-state index is 0.217. The summed E-state index contributed by atoms with van der Waals surface area (Å²) in [5.41, 5.74) is 6.65. The summed E-state index contributed by atoms with van der Waals surface area (Å²) in [5.74, 6) is 0.548. The molecule has 3 heterocycles. The van der Waals surface area contributed by atoms with Crippen LogP contribution in [0.15, 0.2) is 4.79 Å². The zero-order chi connectivity index (χ0) is 15.5. The highest BCUT2D eigenvalue weighted by molar-refractivity contribution is 5.81. The van der Waals surface area contributed by atoms with Gasteiger partial charge in [0.25, 0.3) is 0 Å². The lowest BCUT2D eigenvalue weighted by Crippen LogP contribution is -2.22. The van der Waals surface area contributed by atoms with Crippen molar-refractivity contribution in [3.05, 3.63) is 10.5 Å². The first kappa shape index (κ1) is 14.8. The largest absolute Gasteiger partial charge is 0.463 e. The zero-order valence-corrected chi connectivity index (χ0v) is 12.7. The second-order valence-electron chi connectivity index (χ2n) is 5.56. The Kier molecular flexibility index (Phi) is 4.28. The summed E-state index contributed by atoms with van der Waals surface area (Å²) in [7, 11) is 0. The first-order valence-corrected chi connectivity index (χ1v) is 7.65. The van der Waals surface area contributed by atoms with E-state index < -0.39 is 0 Å². The monoisotopic (exact) mass is 307 g/mol. The number of hydrogen-bond acceptors (Lipinski definition) is 6. The molecule has 0 saturated carbocycles. The third-order valence-electron chi connectivity index (χ3n) is 3.82. The van der Waals surface area contributed by atoms with Crippen molar-refractivity contribution in [2.24, 2.45) is 5.92 Å². The van der Waals surface area contributed by atoms with Gasteiger partial charge in [-0.3, -0.25) is 4.57 Å². The molecule has 1 saturated heterocycles. The number of hydrogen-bond donors (Lipinski definition) is 2. The van der Waals surface area contributed by atoms with Gasteiger partial charge < -0.3 is 20.2 Å². The van der Waals surface area contributed by atoms with E-state index in [4.69, 9.17) is 15.2 Å². The second-order valence-corrected chi connectivity index (χ2v) is 5.56. The number of anilines is 1. The van der Waals surface area contributed by atoms with Crippen molar-refractivity contribution in [3.63, 3.8) is 0 Å². The van der Waals surface area contributed by atoms with E-state index in [2.05, 4.69) is 21.9 Å². The molecule has 0 bridgehead atoms. The van der Waals surface area contributed by atoms with Gasteiger partial charge in [0, 0.05) is 19.1 Å². The Bertz CT molecular complexity index is 702. The van der Waals surface area contributed by atoms with Crippen LogP contribution >= 0.6 is 0 Å². The maximum atomic E-state index is 12.2. The van der Waals surface area contributed by atoms with Crippen LogP contribution in [0.2, 0.25) is 0 Å². The normalized spacial score (nSPS) is 18.1. The molecule has 0 amide bonds. The number of aromatic amines is 1. The van der Waals surface area contributed by atoms with E-state index in [1.54, 1.807) is 4.57 Å². The van der Waals surface area contributed by atoms with E-state index in [1.165, 1.54) is 0 Å². The molecule has 0 aliphatic carbocycles. The van der Waals surface area contributed by atoms with Gasteiger partial charge in [-0.25, -0.2) is 4.79 Å². The van der Waals surface area contributed by atoms with Gasteiger partial charge >= 0.3 is 11.7 Å². The first-order chi connectivity index (χ1) is 10.7. The average molecular weight is 307 g/mol. The third-order valence-corrected chi connectivity index (χ3v) is 3.82. The average Bonchev–Trinajstić information content (AvgIpc) is 3.10. The highest BCUT2D eigenvalue weighted by atomic mass is 16.5. The van der Waals surface area contributed by atoms with E-state index in [0.717, 1.165) is 25.9 Å². The number of aromatic nitrogens is 4. The lowest BCUT2D eigenvalue weighted by Gasteiger charge is -2.09. The number of nitrogens with two attached hydrogens (primary N) is 1. The molecule has 120 valence electrons. The van der Waals surface area contributed by atoms with Gasteiger partial charge in [-0.15, -0.1) is 0 Å². The molecular formula is C14H21N5O3. The Balaban J connectivity index is 1.92. The summed E-state index contributed by atoms with van der Waals surface area (Å²) in [6.07, 6.45) is 2.88. The Labute approximate surface area is 127 Å². The van der Waals surface area contributed by atoms with Crippen LogP contribution in [0.1, 0.15) is 26.2 Å². The van der Waals surface area contributed by atoms with Gasteiger partial charge in [-0.1, -0.05) is 13.3 Å². The molecule has 0 spiro atoms. The zero-order valence-electron chi connectivity index (χ0n) is 12.7. The standard InChI is InChI=1S/C14H21N5O3/c1-2-3-5-22-13-17-11(15)10-12(18-13)19(14(20)16-10)7-9-4-6-21-8-9/h9H,2-8H2,1H3,(H,16,20)(H2,15,17,18). The maximum absolute atomic E-state index is 12.2. The fourth-order valence-electron chi connectivity index (χ4n) is 2.56. The van der Waals surface area contributed by atoms with E-state index in [9.17, 15) is 4.79 Å². The summed E-state index contributed by atoms with van der Waals surface area (Å²) < 4.78 is 12.5. The lowest BCUT2D eigenvalue weighted by molar-refractivity contribution is 0.182. The van der Waals surface area contributed by atoms with Crippen LogP contribution < -0.4 is 16.2 Å². The highest BCUT2D eigenvalue weighted by Gasteiger charge is 2.21. The van der Waals surface area contributed by atoms with Crippen LogP contribution in [0.3, 0.4) is 0 Å². The SMILES string of the molecule is CCCCOc1nc(N)c2[nH]c(=O)n(CC3CCOC3)c2n1. The van der Waals surface area contributed by atoms with E-state index in [1.807, 2.05) is 0 Å². The van der Waals surface area contributed by atoms with Crippen LogP contribution in [-0.4, -0.2) is 39.3 Å². The number of ether oxygens (including phenoxy) is 2. The Hall–Kier alpha value is -2.09. The van der Waals surface area contributed by atoms with Crippen LogP contribution in [-0.2, 0) is 11.3 Å². The number of H-pyrrole nitrogens is 1. The van der Waals surface area contributed by atoms with Crippen LogP contribution in [0.4, 0.5) is 5.82 Å². The van der Waals surface area contributed by atoms with Gasteiger partial charge in [0.15, 0.2) is 11.5 Å². The smallest absolute Gasteiger partial charge is 0.327 e. The maximum Gasteiger partial charge on any atom is 0.327 e. The first-order valence-electron chi connectivity index (χ1n) is 7.65. The summed E-state index contributed by atoms with van der Waals surface area (Å²) in [6, 6.07) is 0.217. The molecule has 8 heteroatoms. The molecule has 1 aliphatic rings. The molecule has 0 aromatic carbocycles. The second kappa shape index (κ2) is 6.35. The molecule has 2 aromatic rings. The molecule has 2 aromatic heterocycles. The van der Waals surface area contributed by atoms with Crippen molar-refractivity contribution < 1.29 is 9.47 Å². The number of nitrogens with zero attached hydrogens (tertiary/aromatic N) is 3. The fourth-order valence-corrected chi connectivity index (χ4v) is 2.56. The number of rotatable bonds is 6. The minimum Gasteiger partial charge on any atom is -0.463 e. The number of fused-ring (bicyclic) bond motifs is 1. The third kappa shape index (κ3) is 2.92. The quantitative estimate of drug-likeness (QED) is 0.768. The molecule has 0 radical (unpaired) electrons. The van der Waals surface area contributed by atoms with Gasteiger partial charge in [0.2, 0.25) is 0 Å². The topological polar surface area (TPSA) is 108 Å². The van der Waals surface area contributed by atoms with Gasteiger partial charge in [0.05, 0.1) is 13.2 Å². The Morgan fingerprint density at radius 3 is 3.09 bits per heavy atom. The van der Waals surface area contributed by atoms with Crippen LogP contribution in [0, 0.1) is 5.92 Å². The Morgan fingerprint density at radius 2 is 2.36 bits per heavy atom. The number of unbranched alkanes of at least 4 members (excludes halogenated alkanes) is 1. The molecular weight excluding hydrogens is 286 g/mol. The number of imidazole rings is 1. The summed E-state index contributed by atoms with van der Waals surface area (Å²) >= 11 is 0. The molecule has 1 aliphatic heterocycles. The number of nitrogens with one attached hydrogen (secondary N) is 1. The van der Waals surface area contributed by atoms with Crippen molar-refractivity contribution in [2.45, 2.75) is 32.7 Å². The minimum atomic E-state index is -0.228.